The van der Waals surface area contributed by atoms with Crippen molar-refractivity contribution >= 4 is 22.7 Å². The van der Waals surface area contributed by atoms with E-state index in [9.17, 15) is 9.59 Å². The van der Waals surface area contributed by atoms with Crippen LogP contribution in [0, 0.1) is 0 Å². The van der Waals surface area contributed by atoms with Gasteiger partial charge in [0, 0.05) is 43.2 Å². The number of hydrogen-bond donors (Lipinski definition) is 2. The summed E-state index contributed by atoms with van der Waals surface area (Å²) in [5.74, 6) is 0.307. The topological polar surface area (TPSA) is 89.2 Å². The van der Waals surface area contributed by atoms with Crippen LogP contribution < -0.4 is 10.6 Å². The zero-order valence-electron chi connectivity index (χ0n) is 17.3. The third kappa shape index (κ3) is 4.73. The molecule has 158 valence electrons. The van der Waals surface area contributed by atoms with Gasteiger partial charge in [0.05, 0.1) is 5.52 Å². The first kappa shape index (κ1) is 20.6. The average Bonchev–Trinajstić information content (AvgIpc) is 3.42. The standard InChI is InChI=1S/C24H24N4O3/c1-17(29)28-16-19(20-10-5-6-11-22(20)28)15-25-12-7-13-26-24(30)21-14-23(31-27-21)18-8-3-2-4-9-18/h2-6,8-11,14,16,25H,7,12-13,15H2,1H3,(H,26,30). The molecule has 31 heavy (non-hydrogen) atoms. The summed E-state index contributed by atoms with van der Waals surface area (Å²) in [7, 11) is 0. The van der Waals surface area contributed by atoms with Gasteiger partial charge in [-0.25, -0.2) is 0 Å². The van der Waals surface area contributed by atoms with Gasteiger partial charge in [-0.2, -0.15) is 0 Å². The zero-order chi connectivity index (χ0) is 21.6. The molecule has 0 bridgehead atoms. The number of fused-ring (bicyclic) bond motifs is 1. The molecule has 2 aromatic heterocycles. The van der Waals surface area contributed by atoms with Gasteiger partial charge in [0.25, 0.3) is 5.91 Å². The number of hydrogen-bond acceptors (Lipinski definition) is 5. The van der Waals surface area contributed by atoms with Crippen LogP contribution in [0.1, 0.15) is 34.2 Å². The molecule has 0 radical (unpaired) electrons. The van der Waals surface area contributed by atoms with Crippen LogP contribution in [0.3, 0.4) is 0 Å². The van der Waals surface area contributed by atoms with Gasteiger partial charge < -0.3 is 15.2 Å². The lowest BCUT2D eigenvalue weighted by atomic mass is 10.1. The van der Waals surface area contributed by atoms with Gasteiger partial charge in [0.1, 0.15) is 0 Å². The molecule has 1 amide bonds. The highest BCUT2D eigenvalue weighted by atomic mass is 16.5. The van der Waals surface area contributed by atoms with Crippen molar-refractivity contribution in [2.45, 2.75) is 19.9 Å². The van der Waals surface area contributed by atoms with Crippen LogP contribution >= 0.6 is 0 Å². The fourth-order valence-electron chi connectivity index (χ4n) is 3.50. The SMILES string of the molecule is CC(=O)n1cc(CNCCCNC(=O)c2cc(-c3ccccc3)on2)c2ccccc21. The van der Waals surface area contributed by atoms with Crippen molar-refractivity contribution in [3.05, 3.63) is 78.1 Å². The van der Waals surface area contributed by atoms with E-state index in [1.165, 1.54) is 0 Å². The third-order valence-electron chi connectivity index (χ3n) is 5.07. The van der Waals surface area contributed by atoms with E-state index in [1.807, 2.05) is 60.8 Å². The molecule has 0 fully saturated rings. The summed E-state index contributed by atoms with van der Waals surface area (Å²) in [6.45, 7) is 3.46. The number of nitrogens with one attached hydrogen (secondary N) is 2. The lowest BCUT2D eigenvalue weighted by molar-refractivity contribution is 0.0934. The Kier molecular flexibility index (Phi) is 6.24. The fraction of sp³-hybridized carbons (Fsp3) is 0.208. The second-order valence-corrected chi connectivity index (χ2v) is 7.29. The van der Waals surface area contributed by atoms with Crippen LogP contribution in [0.15, 0.2) is 71.4 Å². The molecule has 4 aromatic rings. The Morgan fingerprint density at radius 2 is 1.81 bits per heavy atom. The van der Waals surface area contributed by atoms with Crippen LogP contribution in [-0.4, -0.2) is 34.6 Å². The van der Waals surface area contributed by atoms with Crippen LogP contribution in [0.5, 0.6) is 0 Å². The maximum Gasteiger partial charge on any atom is 0.273 e. The van der Waals surface area contributed by atoms with E-state index in [0.717, 1.165) is 35.0 Å². The molecule has 4 rings (SSSR count). The average molecular weight is 416 g/mol. The number of carbonyl (C=O) groups is 2. The molecule has 7 nitrogen and oxygen atoms in total. The summed E-state index contributed by atoms with van der Waals surface area (Å²) < 4.78 is 6.95. The zero-order valence-corrected chi connectivity index (χ0v) is 17.3. The largest absolute Gasteiger partial charge is 0.355 e. The molecule has 0 saturated carbocycles. The Morgan fingerprint density at radius 1 is 1.03 bits per heavy atom. The van der Waals surface area contributed by atoms with Crippen LogP contribution in [0.4, 0.5) is 0 Å². The highest BCUT2D eigenvalue weighted by Gasteiger charge is 2.13. The summed E-state index contributed by atoms with van der Waals surface area (Å²) in [5.41, 5.74) is 3.14. The van der Waals surface area contributed by atoms with Crippen LogP contribution in [0.2, 0.25) is 0 Å². The molecule has 0 spiro atoms. The molecule has 2 heterocycles. The summed E-state index contributed by atoms with van der Waals surface area (Å²) in [6, 6.07) is 19.1. The number of rotatable bonds is 8. The molecule has 0 aliphatic heterocycles. The van der Waals surface area contributed by atoms with Gasteiger partial charge in [-0.05, 0) is 24.6 Å². The van der Waals surface area contributed by atoms with Gasteiger partial charge in [-0.15, -0.1) is 0 Å². The van der Waals surface area contributed by atoms with Gasteiger partial charge in [-0.1, -0.05) is 53.7 Å². The quantitative estimate of drug-likeness (QED) is 0.426. The van der Waals surface area contributed by atoms with E-state index in [4.69, 9.17) is 4.52 Å². The van der Waals surface area contributed by atoms with Crippen molar-refractivity contribution in [2.75, 3.05) is 13.1 Å². The Morgan fingerprint density at radius 3 is 2.61 bits per heavy atom. The maximum atomic E-state index is 12.3. The summed E-state index contributed by atoms with van der Waals surface area (Å²) in [6.07, 6.45) is 2.65. The van der Waals surface area contributed by atoms with E-state index in [2.05, 4.69) is 15.8 Å². The van der Waals surface area contributed by atoms with E-state index in [1.54, 1.807) is 17.6 Å². The van der Waals surface area contributed by atoms with Crippen molar-refractivity contribution in [2.24, 2.45) is 0 Å². The Hall–Kier alpha value is -3.71. The number of nitrogens with zero attached hydrogens (tertiary/aromatic N) is 2. The maximum absolute atomic E-state index is 12.3. The summed E-state index contributed by atoms with van der Waals surface area (Å²) >= 11 is 0. The fourth-order valence-corrected chi connectivity index (χ4v) is 3.50. The third-order valence-corrected chi connectivity index (χ3v) is 5.07. The molecule has 0 aliphatic rings. The number of para-hydroxylation sites is 1. The van der Waals surface area contributed by atoms with Crippen LogP contribution in [-0.2, 0) is 6.54 Å². The van der Waals surface area contributed by atoms with Crippen molar-refractivity contribution < 1.29 is 14.1 Å². The van der Waals surface area contributed by atoms with Gasteiger partial charge >= 0.3 is 0 Å². The molecule has 0 aliphatic carbocycles. The predicted octanol–water partition coefficient (Wildman–Crippen LogP) is 3.87. The van der Waals surface area contributed by atoms with Crippen molar-refractivity contribution in [1.29, 1.82) is 0 Å². The summed E-state index contributed by atoms with van der Waals surface area (Å²) in [5, 5.41) is 11.2. The lowest BCUT2D eigenvalue weighted by Gasteiger charge is -2.05. The van der Waals surface area contributed by atoms with Crippen LogP contribution in [0.25, 0.3) is 22.2 Å². The van der Waals surface area contributed by atoms with Gasteiger partial charge in [0.15, 0.2) is 11.5 Å². The predicted molar refractivity (Wildman–Crippen MR) is 119 cm³/mol. The molecule has 0 atom stereocenters. The van der Waals surface area contributed by atoms with Crippen molar-refractivity contribution in [3.8, 4) is 11.3 Å². The Bertz CT molecular complexity index is 1190. The minimum Gasteiger partial charge on any atom is -0.355 e. The number of carbonyl (C=O) groups excluding carboxylic acids is 2. The highest BCUT2D eigenvalue weighted by molar-refractivity contribution is 5.94. The number of benzene rings is 2. The normalized spacial score (nSPS) is 11.0. The molecular formula is C24H24N4O3. The smallest absolute Gasteiger partial charge is 0.273 e. The Balaban J connectivity index is 1.23. The van der Waals surface area contributed by atoms with Gasteiger partial charge in [0.2, 0.25) is 5.91 Å². The molecule has 2 N–H and O–H groups in total. The monoisotopic (exact) mass is 416 g/mol. The lowest BCUT2D eigenvalue weighted by Crippen LogP contribution is -2.27. The molecule has 0 unspecified atom stereocenters. The second-order valence-electron chi connectivity index (χ2n) is 7.29. The first-order valence-corrected chi connectivity index (χ1v) is 10.2. The second kappa shape index (κ2) is 9.40. The summed E-state index contributed by atoms with van der Waals surface area (Å²) in [4.78, 5) is 24.1. The van der Waals surface area contributed by atoms with E-state index in [0.29, 0.717) is 18.8 Å². The first-order chi connectivity index (χ1) is 15.1. The minimum absolute atomic E-state index is 0.00607. The van der Waals surface area contributed by atoms with Crippen molar-refractivity contribution in [3.63, 3.8) is 0 Å². The van der Waals surface area contributed by atoms with E-state index >= 15 is 0 Å². The molecule has 0 saturated heterocycles. The minimum atomic E-state index is -0.254. The first-order valence-electron chi connectivity index (χ1n) is 10.2. The number of amides is 1. The molecule has 7 heteroatoms. The van der Waals surface area contributed by atoms with E-state index < -0.39 is 0 Å². The Labute approximate surface area is 180 Å². The van der Waals surface area contributed by atoms with E-state index in [-0.39, 0.29) is 17.5 Å². The van der Waals surface area contributed by atoms with Gasteiger partial charge in [-0.3, -0.25) is 14.2 Å². The highest BCUT2D eigenvalue weighted by Crippen LogP contribution is 2.21. The molecule has 2 aromatic carbocycles. The molecular weight excluding hydrogens is 392 g/mol. The number of aromatic nitrogens is 2. The van der Waals surface area contributed by atoms with Crippen molar-refractivity contribution in [1.82, 2.24) is 20.4 Å².